The molecule has 0 spiro atoms. The second-order valence-corrected chi connectivity index (χ2v) is 7.52. The zero-order valence-corrected chi connectivity index (χ0v) is 16.2. The van der Waals surface area contributed by atoms with E-state index in [1.54, 1.807) is 19.1 Å². The molecule has 2 rings (SSSR count). The Bertz CT molecular complexity index is 681. The number of carbonyl (C=O) groups is 2. The van der Waals surface area contributed by atoms with Crippen molar-refractivity contribution in [1.29, 1.82) is 0 Å². The lowest BCUT2D eigenvalue weighted by Gasteiger charge is -2.17. The number of hydrogen-bond donors (Lipinski definition) is 3. The van der Waals surface area contributed by atoms with Crippen LogP contribution in [0, 0.1) is 0 Å². The standard InChI is InChI=1S/C16H18BrN3O2S.ClH/c1-10(20-16(22)13-7-8-14(17)23-13)15(21)19-9-12(18)11-5-3-2-4-6-11;/h2-8,10,12H,9,18H2,1H3,(H,19,21)(H,20,22);1H. The summed E-state index contributed by atoms with van der Waals surface area (Å²) in [5.41, 5.74) is 6.98. The molecular formula is C16H19BrClN3O2S. The fourth-order valence-corrected chi connectivity index (χ4v) is 3.24. The molecule has 0 aliphatic carbocycles. The van der Waals surface area contributed by atoms with Gasteiger partial charge in [-0.15, -0.1) is 23.7 Å². The second-order valence-electron chi connectivity index (χ2n) is 5.06. The first-order valence-electron chi connectivity index (χ1n) is 7.12. The Morgan fingerprint density at radius 1 is 1.21 bits per heavy atom. The minimum Gasteiger partial charge on any atom is -0.352 e. The van der Waals surface area contributed by atoms with E-state index in [0.717, 1.165) is 9.35 Å². The minimum atomic E-state index is -0.633. The number of halogens is 2. The van der Waals surface area contributed by atoms with Gasteiger partial charge in [0.15, 0.2) is 0 Å². The third-order valence-corrected chi connectivity index (χ3v) is 4.88. The molecule has 0 aliphatic heterocycles. The Balaban J connectivity index is 0.00000288. The molecule has 0 fully saturated rings. The van der Waals surface area contributed by atoms with E-state index >= 15 is 0 Å². The number of benzene rings is 1. The fraction of sp³-hybridized carbons (Fsp3) is 0.250. The van der Waals surface area contributed by atoms with Crippen LogP contribution in [0.15, 0.2) is 46.3 Å². The number of nitrogens with two attached hydrogens (primary N) is 1. The Morgan fingerprint density at radius 3 is 2.46 bits per heavy atom. The summed E-state index contributed by atoms with van der Waals surface area (Å²) < 4.78 is 0.869. The van der Waals surface area contributed by atoms with Crippen molar-refractivity contribution < 1.29 is 9.59 Å². The van der Waals surface area contributed by atoms with E-state index in [0.29, 0.717) is 11.4 Å². The average molecular weight is 433 g/mol. The quantitative estimate of drug-likeness (QED) is 0.656. The van der Waals surface area contributed by atoms with Gasteiger partial charge in [0.25, 0.3) is 5.91 Å². The average Bonchev–Trinajstić information content (AvgIpc) is 2.99. The molecule has 0 saturated carbocycles. The van der Waals surface area contributed by atoms with E-state index in [4.69, 9.17) is 5.73 Å². The van der Waals surface area contributed by atoms with Crippen molar-refractivity contribution in [2.45, 2.75) is 19.0 Å². The normalized spacial score (nSPS) is 12.6. The van der Waals surface area contributed by atoms with E-state index in [-0.39, 0.29) is 30.3 Å². The van der Waals surface area contributed by atoms with Gasteiger partial charge in [-0.2, -0.15) is 0 Å². The van der Waals surface area contributed by atoms with Crippen LogP contribution in [0.25, 0.3) is 0 Å². The molecule has 2 atom stereocenters. The lowest BCUT2D eigenvalue weighted by Crippen LogP contribution is -2.46. The molecule has 1 heterocycles. The van der Waals surface area contributed by atoms with Crippen LogP contribution in [0.5, 0.6) is 0 Å². The fourth-order valence-electron chi connectivity index (χ4n) is 1.95. The zero-order chi connectivity index (χ0) is 16.8. The first kappa shape index (κ1) is 20.6. The lowest BCUT2D eigenvalue weighted by molar-refractivity contribution is -0.122. The third kappa shape index (κ3) is 5.90. The van der Waals surface area contributed by atoms with Crippen molar-refractivity contribution in [3.05, 3.63) is 56.7 Å². The van der Waals surface area contributed by atoms with Crippen LogP contribution in [-0.4, -0.2) is 24.4 Å². The van der Waals surface area contributed by atoms with Gasteiger partial charge in [-0.3, -0.25) is 9.59 Å². The van der Waals surface area contributed by atoms with Crippen LogP contribution < -0.4 is 16.4 Å². The summed E-state index contributed by atoms with van der Waals surface area (Å²) in [7, 11) is 0. The highest BCUT2D eigenvalue weighted by Gasteiger charge is 2.18. The van der Waals surface area contributed by atoms with Gasteiger partial charge in [0.1, 0.15) is 6.04 Å². The van der Waals surface area contributed by atoms with Crippen molar-refractivity contribution >= 4 is 51.5 Å². The summed E-state index contributed by atoms with van der Waals surface area (Å²) in [6.45, 7) is 1.96. The molecular weight excluding hydrogens is 414 g/mol. The molecule has 1 aromatic carbocycles. The SMILES string of the molecule is CC(NC(=O)c1ccc(Br)s1)C(=O)NCC(N)c1ccccc1.Cl. The topological polar surface area (TPSA) is 84.2 Å². The highest BCUT2D eigenvalue weighted by atomic mass is 79.9. The molecule has 4 N–H and O–H groups in total. The monoisotopic (exact) mass is 431 g/mol. The van der Waals surface area contributed by atoms with Gasteiger partial charge in [-0.1, -0.05) is 30.3 Å². The Morgan fingerprint density at radius 2 is 1.88 bits per heavy atom. The molecule has 2 aromatic rings. The van der Waals surface area contributed by atoms with Crippen LogP contribution >= 0.6 is 39.7 Å². The number of rotatable bonds is 6. The maximum atomic E-state index is 12.1. The van der Waals surface area contributed by atoms with Crippen LogP contribution in [0.3, 0.4) is 0 Å². The molecule has 2 amide bonds. The summed E-state index contributed by atoms with van der Waals surface area (Å²) in [5.74, 6) is -0.531. The molecule has 1 aromatic heterocycles. The van der Waals surface area contributed by atoms with Crippen molar-refractivity contribution in [3.63, 3.8) is 0 Å². The lowest BCUT2D eigenvalue weighted by atomic mass is 10.1. The second kappa shape index (κ2) is 9.78. The highest BCUT2D eigenvalue weighted by molar-refractivity contribution is 9.11. The first-order chi connectivity index (χ1) is 11.0. The molecule has 2 unspecified atom stereocenters. The van der Waals surface area contributed by atoms with E-state index in [9.17, 15) is 9.59 Å². The van der Waals surface area contributed by atoms with Gasteiger partial charge in [0, 0.05) is 12.6 Å². The number of thiophene rings is 1. The molecule has 0 radical (unpaired) electrons. The van der Waals surface area contributed by atoms with Gasteiger partial charge < -0.3 is 16.4 Å². The highest BCUT2D eigenvalue weighted by Crippen LogP contribution is 2.21. The van der Waals surface area contributed by atoms with Crippen molar-refractivity contribution in [3.8, 4) is 0 Å². The van der Waals surface area contributed by atoms with Crippen LogP contribution in [-0.2, 0) is 4.79 Å². The molecule has 0 bridgehead atoms. The Kier molecular flexibility index (Phi) is 8.41. The zero-order valence-electron chi connectivity index (χ0n) is 13.0. The molecule has 130 valence electrons. The molecule has 5 nitrogen and oxygen atoms in total. The molecule has 8 heteroatoms. The van der Waals surface area contributed by atoms with Gasteiger partial charge in [-0.25, -0.2) is 0 Å². The van der Waals surface area contributed by atoms with Gasteiger partial charge in [0.05, 0.1) is 8.66 Å². The predicted octanol–water partition coefficient (Wildman–Crippen LogP) is 2.87. The maximum absolute atomic E-state index is 12.1. The van der Waals surface area contributed by atoms with E-state index < -0.39 is 6.04 Å². The van der Waals surface area contributed by atoms with Crippen molar-refractivity contribution in [2.24, 2.45) is 5.73 Å². The van der Waals surface area contributed by atoms with Crippen molar-refractivity contribution in [1.82, 2.24) is 10.6 Å². The largest absolute Gasteiger partial charge is 0.352 e. The Labute approximate surface area is 159 Å². The van der Waals surface area contributed by atoms with Crippen LogP contribution in [0.1, 0.15) is 28.2 Å². The first-order valence-corrected chi connectivity index (χ1v) is 8.72. The third-order valence-electron chi connectivity index (χ3n) is 3.26. The number of hydrogen-bond acceptors (Lipinski definition) is 4. The summed E-state index contributed by atoms with van der Waals surface area (Å²) >= 11 is 4.62. The predicted molar refractivity (Wildman–Crippen MR) is 103 cm³/mol. The minimum absolute atomic E-state index is 0. The molecule has 24 heavy (non-hydrogen) atoms. The summed E-state index contributed by atoms with van der Waals surface area (Å²) in [4.78, 5) is 24.6. The van der Waals surface area contributed by atoms with E-state index in [1.165, 1.54) is 11.3 Å². The van der Waals surface area contributed by atoms with Gasteiger partial charge >= 0.3 is 0 Å². The number of carbonyl (C=O) groups excluding carboxylic acids is 2. The van der Waals surface area contributed by atoms with E-state index in [2.05, 4.69) is 26.6 Å². The Hall–Kier alpha value is -1.41. The summed E-state index contributed by atoms with van der Waals surface area (Å²) in [6, 6.07) is 12.1. The van der Waals surface area contributed by atoms with Crippen LogP contribution in [0.2, 0.25) is 0 Å². The number of amides is 2. The van der Waals surface area contributed by atoms with Gasteiger partial charge in [0.2, 0.25) is 5.91 Å². The van der Waals surface area contributed by atoms with E-state index in [1.807, 2.05) is 30.3 Å². The number of nitrogens with one attached hydrogen (secondary N) is 2. The molecule has 0 saturated heterocycles. The smallest absolute Gasteiger partial charge is 0.262 e. The van der Waals surface area contributed by atoms with Crippen LogP contribution in [0.4, 0.5) is 0 Å². The van der Waals surface area contributed by atoms with Gasteiger partial charge in [-0.05, 0) is 40.5 Å². The van der Waals surface area contributed by atoms with Crippen molar-refractivity contribution in [2.75, 3.05) is 6.54 Å². The maximum Gasteiger partial charge on any atom is 0.262 e. The summed E-state index contributed by atoms with van der Waals surface area (Å²) in [5, 5.41) is 5.43. The summed E-state index contributed by atoms with van der Waals surface area (Å²) in [6.07, 6.45) is 0. The molecule has 0 aliphatic rings.